The van der Waals surface area contributed by atoms with Crippen molar-refractivity contribution in [3.8, 4) is 67.9 Å². The molecule has 0 aliphatic carbocycles. The fourth-order valence-electron chi connectivity index (χ4n) is 6.29. The summed E-state index contributed by atoms with van der Waals surface area (Å²) >= 11 is 0. The maximum Gasteiger partial charge on any atom is 0.227 e. The molecule has 2 aromatic heterocycles. The largest absolute Gasteiger partial charge is 0.435 e. The molecule has 0 amide bonds. The monoisotopic (exact) mass is 628 g/mol. The maximum absolute atomic E-state index is 6.49. The van der Waals surface area contributed by atoms with E-state index in [0.29, 0.717) is 28.9 Å². The SMILES string of the molecule is c1ccc(-c2ccc(-c3nc(-c4ccc(-c5ccccc5)cc4)nc(-c4cccc5ccc6nc(-c7ccccc7)oc6c45)n3)cc2)cc1. The molecular formula is C44H28N4O. The van der Waals surface area contributed by atoms with Crippen LogP contribution in [0.4, 0.5) is 0 Å². The zero-order valence-electron chi connectivity index (χ0n) is 26.4. The Morgan fingerprint density at radius 2 is 0.796 bits per heavy atom. The second-order valence-electron chi connectivity index (χ2n) is 11.9. The second kappa shape index (κ2) is 12.1. The highest BCUT2D eigenvalue weighted by Crippen LogP contribution is 2.37. The number of benzene rings is 7. The van der Waals surface area contributed by atoms with E-state index >= 15 is 0 Å². The van der Waals surface area contributed by atoms with Crippen molar-refractivity contribution in [2.45, 2.75) is 0 Å². The van der Waals surface area contributed by atoms with E-state index < -0.39 is 0 Å². The number of aromatic nitrogens is 4. The molecule has 49 heavy (non-hydrogen) atoms. The molecule has 9 aromatic rings. The van der Waals surface area contributed by atoms with E-state index in [1.165, 1.54) is 0 Å². The van der Waals surface area contributed by atoms with Crippen LogP contribution >= 0.6 is 0 Å². The van der Waals surface area contributed by atoms with Crippen molar-refractivity contribution >= 4 is 21.9 Å². The minimum Gasteiger partial charge on any atom is -0.435 e. The Hall–Kier alpha value is -6.72. The number of hydrogen-bond acceptors (Lipinski definition) is 5. The van der Waals surface area contributed by atoms with E-state index in [1.54, 1.807) is 0 Å². The summed E-state index contributed by atoms with van der Waals surface area (Å²) in [4.78, 5) is 20.1. The quantitative estimate of drug-likeness (QED) is 0.183. The predicted molar refractivity (Wildman–Crippen MR) is 198 cm³/mol. The summed E-state index contributed by atoms with van der Waals surface area (Å²) in [5.74, 6) is 2.33. The number of fused-ring (bicyclic) bond motifs is 3. The molecule has 9 rings (SSSR count). The first kappa shape index (κ1) is 28.5. The van der Waals surface area contributed by atoms with Crippen molar-refractivity contribution < 1.29 is 4.42 Å². The average molecular weight is 629 g/mol. The van der Waals surface area contributed by atoms with Crippen molar-refractivity contribution in [3.63, 3.8) is 0 Å². The Labute approximate surface area is 283 Å². The van der Waals surface area contributed by atoms with Crippen molar-refractivity contribution in [2.75, 3.05) is 0 Å². The zero-order chi connectivity index (χ0) is 32.6. The van der Waals surface area contributed by atoms with Crippen LogP contribution in [0.2, 0.25) is 0 Å². The predicted octanol–water partition coefficient (Wildman–Crippen LogP) is 11.2. The van der Waals surface area contributed by atoms with Crippen LogP contribution in [0.15, 0.2) is 174 Å². The van der Waals surface area contributed by atoms with Crippen LogP contribution in [0.1, 0.15) is 0 Å². The van der Waals surface area contributed by atoms with Crippen molar-refractivity contribution in [2.24, 2.45) is 0 Å². The van der Waals surface area contributed by atoms with Gasteiger partial charge in [0, 0.05) is 27.6 Å². The lowest BCUT2D eigenvalue weighted by Crippen LogP contribution is -2.00. The van der Waals surface area contributed by atoms with E-state index in [9.17, 15) is 0 Å². The fourth-order valence-corrected chi connectivity index (χ4v) is 6.29. The van der Waals surface area contributed by atoms with Crippen molar-refractivity contribution in [3.05, 3.63) is 170 Å². The molecule has 0 aliphatic rings. The first-order valence-corrected chi connectivity index (χ1v) is 16.2. The van der Waals surface area contributed by atoms with Gasteiger partial charge in [-0.25, -0.2) is 19.9 Å². The maximum atomic E-state index is 6.49. The highest BCUT2D eigenvalue weighted by atomic mass is 16.3. The Bertz CT molecular complexity index is 2460. The topological polar surface area (TPSA) is 64.7 Å². The van der Waals surface area contributed by atoms with Crippen LogP contribution in [-0.2, 0) is 0 Å². The van der Waals surface area contributed by atoms with Crippen LogP contribution in [-0.4, -0.2) is 19.9 Å². The third-order valence-corrected chi connectivity index (χ3v) is 8.80. The fraction of sp³-hybridized carbons (Fsp3) is 0. The molecule has 0 saturated heterocycles. The van der Waals surface area contributed by atoms with Crippen LogP contribution < -0.4 is 0 Å². The molecule has 0 aliphatic heterocycles. The van der Waals surface area contributed by atoms with Crippen LogP contribution in [0.5, 0.6) is 0 Å². The van der Waals surface area contributed by atoms with Gasteiger partial charge in [-0.15, -0.1) is 0 Å². The Morgan fingerprint density at radius 3 is 1.35 bits per heavy atom. The molecule has 0 fully saturated rings. The molecule has 5 nitrogen and oxygen atoms in total. The third kappa shape index (κ3) is 5.43. The summed E-state index contributed by atoms with van der Waals surface area (Å²) < 4.78 is 6.49. The summed E-state index contributed by atoms with van der Waals surface area (Å²) in [5.41, 5.74) is 9.65. The minimum absolute atomic E-state index is 0.565. The summed E-state index contributed by atoms with van der Waals surface area (Å²) in [6.07, 6.45) is 0. The van der Waals surface area contributed by atoms with Crippen LogP contribution in [0.25, 0.3) is 89.7 Å². The molecule has 0 N–H and O–H groups in total. The molecule has 0 saturated carbocycles. The Kier molecular flexibility index (Phi) is 7.06. The van der Waals surface area contributed by atoms with Crippen molar-refractivity contribution in [1.82, 2.24) is 19.9 Å². The molecule has 2 heterocycles. The molecule has 230 valence electrons. The Balaban J connectivity index is 1.22. The van der Waals surface area contributed by atoms with Crippen molar-refractivity contribution in [1.29, 1.82) is 0 Å². The van der Waals surface area contributed by atoms with Gasteiger partial charge in [-0.2, -0.15) is 0 Å². The number of hydrogen-bond donors (Lipinski definition) is 0. The third-order valence-electron chi connectivity index (χ3n) is 8.80. The molecule has 0 radical (unpaired) electrons. The van der Waals surface area contributed by atoms with E-state index in [2.05, 4.69) is 109 Å². The summed E-state index contributed by atoms with van der Waals surface area (Å²) in [6, 6.07) is 57.7. The van der Waals surface area contributed by atoms with E-state index in [4.69, 9.17) is 24.4 Å². The number of rotatable bonds is 6. The first-order valence-electron chi connectivity index (χ1n) is 16.2. The normalized spacial score (nSPS) is 11.3. The average Bonchev–Trinajstić information content (AvgIpc) is 3.64. The molecule has 5 heteroatoms. The minimum atomic E-state index is 0.565. The smallest absolute Gasteiger partial charge is 0.227 e. The molecule has 7 aromatic carbocycles. The van der Waals surface area contributed by atoms with Crippen LogP contribution in [0, 0.1) is 0 Å². The molecule has 0 bridgehead atoms. The molecular weight excluding hydrogens is 601 g/mol. The van der Waals surface area contributed by atoms with Gasteiger partial charge in [0.25, 0.3) is 0 Å². The number of nitrogens with zero attached hydrogens (tertiary/aromatic N) is 4. The van der Waals surface area contributed by atoms with E-state index in [0.717, 1.165) is 60.8 Å². The zero-order valence-corrected chi connectivity index (χ0v) is 26.4. The molecule has 0 atom stereocenters. The van der Waals surface area contributed by atoms with Gasteiger partial charge >= 0.3 is 0 Å². The summed E-state index contributed by atoms with van der Waals surface area (Å²) in [6.45, 7) is 0. The highest BCUT2D eigenvalue weighted by molar-refractivity contribution is 6.10. The van der Waals surface area contributed by atoms with Gasteiger partial charge in [-0.3, -0.25) is 0 Å². The van der Waals surface area contributed by atoms with Gasteiger partial charge in [0.2, 0.25) is 5.89 Å². The van der Waals surface area contributed by atoms with Gasteiger partial charge in [0.05, 0.1) is 0 Å². The molecule has 0 unspecified atom stereocenters. The highest BCUT2D eigenvalue weighted by Gasteiger charge is 2.19. The van der Waals surface area contributed by atoms with E-state index in [1.807, 2.05) is 60.7 Å². The standard InChI is InChI=1S/C44H28N4O/c1-4-11-29(12-5-1)31-19-23-34(24-20-31)41-46-42(35-25-21-32(22-26-35)30-13-6-2-7-14-30)48-43(47-41)37-18-10-17-33-27-28-38-40(39(33)37)49-44(45-38)36-15-8-3-9-16-36/h1-28H. The van der Waals surface area contributed by atoms with Crippen LogP contribution in [0.3, 0.4) is 0 Å². The molecule has 0 spiro atoms. The lowest BCUT2D eigenvalue weighted by molar-refractivity contribution is 0.623. The lowest BCUT2D eigenvalue weighted by Gasteiger charge is -2.11. The van der Waals surface area contributed by atoms with Gasteiger partial charge in [-0.1, -0.05) is 152 Å². The summed E-state index contributed by atoms with van der Waals surface area (Å²) in [7, 11) is 0. The van der Waals surface area contributed by atoms with Gasteiger partial charge in [0.15, 0.2) is 23.1 Å². The second-order valence-corrected chi connectivity index (χ2v) is 11.9. The first-order chi connectivity index (χ1) is 24.3. The summed E-state index contributed by atoms with van der Waals surface area (Å²) in [5, 5.41) is 1.93. The van der Waals surface area contributed by atoms with Gasteiger partial charge in [-0.05, 0) is 45.8 Å². The Morgan fingerprint density at radius 1 is 0.327 bits per heavy atom. The van der Waals surface area contributed by atoms with Gasteiger partial charge in [0.1, 0.15) is 5.52 Å². The van der Waals surface area contributed by atoms with E-state index in [-0.39, 0.29) is 0 Å². The number of oxazole rings is 1. The van der Waals surface area contributed by atoms with Gasteiger partial charge < -0.3 is 4.42 Å². The lowest BCUT2D eigenvalue weighted by atomic mass is 10.0.